The van der Waals surface area contributed by atoms with Gasteiger partial charge in [0.25, 0.3) is 5.91 Å². The number of nitrogens with zero attached hydrogens (tertiary/aromatic N) is 1. The first-order valence-electron chi connectivity index (χ1n) is 7.08. The molecule has 116 valence electrons. The fraction of sp³-hybridized carbons (Fsp3) is 0.167. The summed E-state index contributed by atoms with van der Waals surface area (Å²) in [5, 5.41) is 11.5. The maximum absolute atomic E-state index is 12.0. The van der Waals surface area contributed by atoms with Crippen molar-refractivity contribution in [3.05, 3.63) is 65.2 Å². The summed E-state index contributed by atoms with van der Waals surface area (Å²) in [6.45, 7) is 3.45. The Kier molecular flexibility index (Phi) is 5.11. The lowest BCUT2D eigenvalue weighted by Crippen LogP contribution is -2.30. The van der Waals surface area contributed by atoms with E-state index in [2.05, 4.69) is 5.32 Å². The summed E-state index contributed by atoms with van der Waals surface area (Å²) in [6.07, 6.45) is -0.949. The van der Waals surface area contributed by atoms with E-state index in [0.29, 0.717) is 11.3 Å². The van der Waals surface area contributed by atoms with Crippen molar-refractivity contribution in [2.75, 3.05) is 5.32 Å². The zero-order valence-electron chi connectivity index (χ0n) is 12.9. The van der Waals surface area contributed by atoms with Crippen LogP contribution in [-0.4, -0.2) is 18.0 Å². The van der Waals surface area contributed by atoms with E-state index in [-0.39, 0.29) is 5.56 Å². The van der Waals surface area contributed by atoms with Crippen molar-refractivity contribution in [2.45, 2.75) is 20.0 Å². The predicted octanol–water partition coefficient (Wildman–Crippen LogP) is 3.05. The molecule has 5 heteroatoms. The number of hydrogen-bond donors (Lipinski definition) is 1. The molecule has 0 saturated carbocycles. The van der Waals surface area contributed by atoms with Gasteiger partial charge in [-0.15, -0.1) is 0 Å². The summed E-state index contributed by atoms with van der Waals surface area (Å²) in [5.74, 6) is -1.06. The number of rotatable bonds is 4. The Morgan fingerprint density at radius 1 is 1.17 bits per heavy atom. The van der Waals surface area contributed by atoms with Gasteiger partial charge in [-0.3, -0.25) is 4.79 Å². The highest BCUT2D eigenvalue weighted by Gasteiger charge is 2.19. The van der Waals surface area contributed by atoms with Gasteiger partial charge in [-0.2, -0.15) is 5.26 Å². The van der Waals surface area contributed by atoms with Gasteiger partial charge in [0.05, 0.1) is 17.2 Å². The van der Waals surface area contributed by atoms with Gasteiger partial charge in [-0.1, -0.05) is 23.8 Å². The molecule has 0 aliphatic carbocycles. The number of hydrogen-bond acceptors (Lipinski definition) is 4. The van der Waals surface area contributed by atoms with Crippen LogP contribution in [0.2, 0.25) is 0 Å². The first-order chi connectivity index (χ1) is 11.0. The second-order valence-electron chi connectivity index (χ2n) is 5.10. The van der Waals surface area contributed by atoms with E-state index in [1.165, 1.54) is 19.1 Å². The van der Waals surface area contributed by atoms with E-state index in [9.17, 15) is 9.59 Å². The van der Waals surface area contributed by atoms with Gasteiger partial charge < -0.3 is 10.1 Å². The predicted molar refractivity (Wildman–Crippen MR) is 85.8 cm³/mol. The Morgan fingerprint density at radius 2 is 1.87 bits per heavy atom. The number of amides is 1. The number of anilines is 1. The van der Waals surface area contributed by atoms with E-state index in [1.807, 2.05) is 25.1 Å². The first-order valence-corrected chi connectivity index (χ1v) is 7.08. The molecule has 0 spiro atoms. The SMILES string of the molecule is Cc1ccc(NC(=O)[C@H](C)OC(=O)c2cccc(C#N)c2)cc1. The summed E-state index contributed by atoms with van der Waals surface area (Å²) >= 11 is 0. The van der Waals surface area contributed by atoms with Crippen molar-refractivity contribution in [1.82, 2.24) is 0 Å². The first kappa shape index (κ1) is 16.2. The molecular formula is C18H16N2O3. The fourth-order valence-electron chi connectivity index (χ4n) is 1.88. The zero-order valence-corrected chi connectivity index (χ0v) is 12.9. The van der Waals surface area contributed by atoms with Gasteiger partial charge in [0.15, 0.2) is 6.10 Å². The summed E-state index contributed by atoms with van der Waals surface area (Å²) in [6, 6.07) is 15.4. The molecule has 0 aliphatic rings. The molecule has 2 aromatic carbocycles. The molecule has 0 aliphatic heterocycles. The lowest BCUT2D eigenvalue weighted by atomic mass is 10.1. The second kappa shape index (κ2) is 7.23. The van der Waals surface area contributed by atoms with Gasteiger partial charge in [-0.05, 0) is 44.2 Å². The quantitative estimate of drug-likeness (QED) is 0.880. The Morgan fingerprint density at radius 3 is 2.52 bits per heavy atom. The normalized spacial score (nSPS) is 11.2. The zero-order chi connectivity index (χ0) is 16.8. The standard InChI is InChI=1S/C18H16N2O3/c1-12-6-8-16(9-7-12)20-17(21)13(2)23-18(22)15-5-3-4-14(10-15)11-19/h3-10,13H,1-2H3,(H,20,21)/t13-/m0/s1. The van der Waals surface area contributed by atoms with Crippen LogP contribution in [0.3, 0.4) is 0 Å². The Balaban J connectivity index is 1.98. The van der Waals surface area contributed by atoms with Gasteiger partial charge in [0.2, 0.25) is 0 Å². The molecule has 1 atom stereocenters. The minimum absolute atomic E-state index is 0.235. The van der Waals surface area contributed by atoms with Crippen molar-refractivity contribution >= 4 is 17.6 Å². The van der Waals surface area contributed by atoms with Crippen LogP contribution in [0.25, 0.3) is 0 Å². The van der Waals surface area contributed by atoms with Gasteiger partial charge in [0, 0.05) is 5.69 Å². The molecule has 0 aromatic heterocycles. The lowest BCUT2D eigenvalue weighted by Gasteiger charge is -2.13. The molecule has 1 amide bonds. The number of nitrogens with one attached hydrogen (secondary N) is 1. The van der Waals surface area contributed by atoms with Crippen molar-refractivity contribution in [1.29, 1.82) is 5.26 Å². The number of carbonyl (C=O) groups is 2. The van der Waals surface area contributed by atoms with Crippen molar-refractivity contribution in [3.8, 4) is 6.07 Å². The molecular weight excluding hydrogens is 292 g/mol. The third kappa shape index (κ3) is 4.42. The van der Waals surface area contributed by atoms with Crippen LogP contribution in [0, 0.1) is 18.3 Å². The van der Waals surface area contributed by atoms with Gasteiger partial charge in [0.1, 0.15) is 0 Å². The van der Waals surface area contributed by atoms with E-state index < -0.39 is 18.0 Å². The fourth-order valence-corrected chi connectivity index (χ4v) is 1.88. The number of esters is 1. The molecule has 0 saturated heterocycles. The Bertz CT molecular complexity index is 761. The van der Waals surface area contributed by atoms with Crippen LogP contribution in [0.1, 0.15) is 28.4 Å². The van der Waals surface area contributed by atoms with Crippen molar-refractivity contribution < 1.29 is 14.3 Å². The third-order valence-corrected chi connectivity index (χ3v) is 3.20. The van der Waals surface area contributed by atoms with E-state index in [1.54, 1.807) is 24.3 Å². The molecule has 0 radical (unpaired) electrons. The summed E-state index contributed by atoms with van der Waals surface area (Å²) in [7, 11) is 0. The minimum atomic E-state index is -0.949. The molecule has 0 fully saturated rings. The second-order valence-corrected chi connectivity index (χ2v) is 5.10. The van der Waals surface area contributed by atoms with Gasteiger partial charge >= 0.3 is 5.97 Å². The van der Waals surface area contributed by atoms with E-state index >= 15 is 0 Å². The number of aryl methyl sites for hydroxylation is 1. The number of nitriles is 1. The van der Waals surface area contributed by atoms with Crippen LogP contribution in [-0.2, 0) is 9.53 Å². The average Bonchev–Trinajstić information content (AvgIpc) is 2.56. The number of carbonyl (C=O) groups excluding carboxylic acids is 2. The molecule has 23 heavy (non-hydrogen) atoms. The van der Waals surface area contributed by atoms with E-state index in [4.69, 9.17) is 10.00 Å². The average molecular weight is 308 g/mol. The topological polar surface area (TPSA) is 79.2 Å². The smallest absolute Gasteiger partial charge is 0.338 e. The van der Waals surface area contributed by atoms with Gasteiger partial charge in [-0.25, -0.2) is 4.79 Å². The molecule has 2 rings (SSSR count). The largest absolute Gasteiger partial charge is 0.449 e. The number of benzene rings is 2. The Labute approximate surface area is 134 Å². The van der Waals surface area contributed by atoms with E-state index in [0.717, 1.165) is 5.56 Å². The minimum Gasteiger partial charge on any atom is -0.449 e. The Hall–Kier alpha value is -3.13. The maximum Gasteiger partial charge on any atom is 0.338 e. The summed E-state index contributed by atoms with van der Waals surface area (Å²) < 4.78 is 5.13. The maximum atomic E-state index is 12.0. The molecule has 5 nitrogen and oxygen atoms in total. The lowest BCUT2D eigenvalue weighted by molar-refractivity contribution is -0.123. The molecule has 0 unspecified atom stereocenters. The summed E-state index contributed by atoms with van der Waals surface area (Å²) in [5.41, 5.74) is 2.31. The highest BCUT2D eigenvalue weighted by Crippen LogP contribution is 2.11. The van der Waals surface area contributed by atoms with Crippen molar-refractivity contribution in [2.24, 2.45) is 0 Å². The highest BCUT2D eigenvalue weighted by molar-refractivity contribution is 5.97. The van der Waals surface area contributed by atoms with Crippen LogP contribution < -0.4 is 5.32 Å². The molecule has 2 aromatic rings. The molecule has 0 bridgehead atoms. The van der Waals surface area contributed by atoms with Crippen LogP contribution in [0.5, 0.6) is 0 Å². The monoisotopic (exact) mass is 308 g/mol. The van der Waals surface area contributed by atoms with Crippen LogP contribution in [0.15, 0.2) is 48.5 Å². The highest BCUT2D eigenvalue weighted by atomic mass is 16.5. The van der Waals surface area contributed by atoms with Crippen LogP contribution >= 0.6 is 0 Å². The summed E-state index contributed by atoms with van der Waals surface area (Å²) in [4.78, 5) is 24.1. The molecule has 1 N–H and O–H groups in total. The van der Waals surface area contributed by atoms with Crippen molar-refractivity contribution in [3.63, 3.8) is 0 Å². The van der Waals surface area contributed by atoms with Crippen LogP contribution in [0.4, 0.5) is 5.69 Å². The number of ether oxygens (including phenoxy) is 1. The third-order valence-electron chi connectivity index (χ3n) is 3.20. The molecule has 0 heterocycles.